The maximum atomic E-state index is 13.5. The van der Waals surface area contributed by atoms with Crippen LogP contribution in [-0.4, -0.2) is 104 Å². The highest BCUT2D eigenvalue weighted by molar-refractivity contribution is 7.90. The van der Waals surface area contributed by atoms with Crippen LogP contribution in [0.1, 0.15) is 44.9 Å². The van der Waals surface area contributed by atoms with Gasteiger partial charge in [0.1, 0.15) is 18.0 Å². The molecule has 38 heavy (non-hydrogen) atoms. The lowest BCUT2D eigenvalue weighted by Gasteiger charge is -2.36. The highest BCUT2D eigenvalue weighted by atomic mass is 32.2. The van der Waals surface area contributed by atoms with Gasteiger partial charge in [-0.2, -0.15) is 13.2 Å². The fourth-order valence-corrected chi connectivity index (χ4v) is 4.72. The van der Waals surface area contributed by atoms with E-state index >= 15 is 0 Å². The van der Waals surface area contributed by atoms with E-state index in [1.807, 2.05) is 0 Å². The summed E-state index contributed by atoms with van der Waals surface area (Å²) in [6.45, 7) is 8.38. The Morgan fingerprint density at radius 2 is 1.53 bits per heavy atom. The zero-order valence-electron chi connectivity index (χ0n) is 22.2. The zero-order valence-corrected chi connectivity index (χ0v) is 23.0. The molecule has 0 N–H and O–H groups in total. The van der Waals surface area contributed by atoms with Crippen LogP contribution in [0.3, 0.4) is 0 Å². The van der Waals surface area contributed by atoms with Gasteiger partial charge in [-0.05, 0) is 40.5 Å². The van der Waals surface area contributed by atoms with Crippen molar-refractivity contribution < 1.29 is 40.7 Å². The zero-order chi connectivity index (χ0) is 28.5. The number of carbonyl (C=O) groups excluding carboxylic acids is 2. The second-order valence-corrected chi connectivity index (χ2v) is 12.3. The monoisotopic (exact) mass is 565 g/mol. The summed E-state index contributed by atoms with van der Waals surface area (Å²) < 4.78 is 75.4. The number of hydrogen-bond donors (Lipinski definition) is 0. The maximum absolute atomic E-state index is 13.5. The quantitative estimate of drug-likeness (QED) is 0.495. The van der Waals surface area contributed by atoms with E-state index in [1.54, 1.807) is 35.5 Å². The third-order valence-corrected chi connectivity index (χ3v) is 7.01. The third-order valence-electron chi connectivity index (χ3n) is 6.17. The fourth-order valence-electron chi connectivity index (χ4n) is 4.21. The summed E-state index contributed by atoms with van der Waals surface area (Å²) in [5, 5.41) is -0.874. The van der Waals surface area contributed by atoms with Crippen LogP contribution >= 0.6 is 0 Å². The number of aromatic nitrogens is 2. The summed E-state index contributed by atoms with van der Waals surface area (Å²) in [7, 11) is -4.06. The first-order valence-corrected chi connectivity index (χ1v) is 14.1. The second kappa shape index (κ2) is 11.2. The molecule has 0 radical (unpaired) electrons. The van der Waals surface area contributed by atoms with E-state index in [4.69, 9.17) is 9.47 Å². The molecule has 2 fully saturated rings. The third kappa shape index (κ3) is 7.68. The van der Waals surface area contributed by atoms with Gasteiger partial charge in [0.2, 0.25) is 20.9 Å². The first-order chi connectivity index (χ1) is 17.5. The summed E-state index contributed by atoms with van der Waals surface area (Å²) in [6.07, 6.45) is -3.95. The van der Waals surface area contributed by atoms with Gasteiger partial charge >= 0.3 is 12.3 Å². The number of hydrogen-bond acceptors (Lipinski definition) is 9. The number of rotatable bonds is 5. The van der Waals surface area contributed by atoms with Gasteiger partial charge < -0.3 is 24.2 Å². The number of amides is 2. The molecule has 0 aromatic carbocycles. The lowest BCUT2D eigenvalue weighted by molar-refractivity contribution is -0.142. The average Bonchev–Trinajstić information content (AvgIpc) is 2.80. The molecule has 0 spiro atoms. The van der Waals surface area contributed by atoms with Crippen molar-refractivity contribution in [2.24, 2.45) is 0 Å². The van der Waals surface area contributed by atoms with E-state index in [1.165, 1.54) is 6.92 Å². The van der Waals surface area contributed by atoms with Crippen LogP contribution in [0, 0.1) is 6.92 Å². The van der Waals surface area contributed by atoms with Gasteiger partial charge in [0, 0.05) is 51.1 Å². The normalized spacial score (nSPS) is 18.1. The van der Waals surface area contributed by atoms with E-state index in [-0.39, 0.29) is 43.1 Å². The number of sulfone groups is 1. The Balaban J connectivity index is 1.53. The van der Waals surface area contributed by atoms with E-state index in [0.29, 0.717) is 39.0 Å². The van der Waals surface area contributed by atoms with Crippen LogP contribution < -0.4 is 4.90 Å². The molecule has 1 aromatic rings. The number of nitrogens with zero attached hydrogens (tertiary/aromatic N) is 5. The number of halogens is 3. The first kappa shape index (κ1) is 29.9. The Kier molecular flexibility index (Phi) is 8.81. The van der Waals surface area contributed by atoms with Gasteiger partial charge in [0.05, 0.1) is 6.10 Å². The Bertz CT molecular complexity index is 1140. The largest absolute Gasteiger partial charge is 0.444 e. The lowest BCUT2D eigenvalue weighted by Crippen LogP contribution is -2.52. The molecule has 11 nitrogen and oxygen atoms in total. The van der Waals surface area contributed by atoms with Gasteiger partial charge in [-0.3, -0.25) is 4.79 Å². The SMILES string of the molecule is Cc1c(N2CCC(OCC(=O)N3CCN(C(=O)OC(C)(C)C)CC3)CC2)nc(S(C)(=O)=O)nc1C(F)(F)F. The molecule has 3 rings (SSSR count). The number of piperazine rings is 1. The smallest absolute Gasteiger partial charge is 0.433 e. The van der Waals surface area contributed by atoms with Crippen LogP contribution in [0.5, 0.6) is 0 Å². The molecular weight excluding hydrogens is 531 g/mol. The predicted octanol–water partition coefficient (Wildman–Crippen LogP) is 2.27. The topological polar surface area (TPSA) is 122 Å². The molecule has 2 amide bonds. The van der Waals surface area contributed by atoms with Gasteiger partial charge in [-0.15, -0.1) is 0 Å². The van der Waals surface area contributed by atoms with Crippen LogP contribution in [0.25, 0.3) is 0 Å². The summed E-state index contributed by atoms with van der Waals surface area (Å²) in [5.74, 6) is -0.291. The predicted molar refractivity (Wildman–Crippen MR) is 130 cm³/mol. The molecule has 0 saturated carbocycles. The van der Waals surface area contributed by atoms with Gasteiger partial charge in [-0.1, -0.05) is 0 Å². The van der Waals surface area contributed by atoms with Crippen molar-refractivity contribution in [2.75, 3.05) is 57.0 Å². The molecule has 15 heteroatoms. The van der Waals surface area contributed by atoms with E-state index < -0.39 is 38.6 Å². The Labute approximate surface area is 220 Å². The van der Waals surface area contributed by atoms with Gasteiger partial charge in [-0.25, -0.2) is 23.2 Å². The van der Waals surface area contributed by atoms with Gasteiger partial charge in [0.25, 0.3) is 0 Å². The fraction of sp³-hybridized carbons (Fsp3) is 0.739. The molecule has 214 valence electrons. The maximum Gasteiger partial charge on any atom is 0.433 e. The molecule has 2 aliphatic rings. The Morgan fingerprint density at radius 1 is 0.974 bits per heavy atom. The summed E-state index contributed by atoms with van der Waals surface area (Å²) in [5.41, 5.74) is -2.13. The minimum Gasteiger partial charge on any atom is -0.444 e. The number of alkyl halides is 3. The number of piperidine rings is 1. The number of carbonyl (C=O) groups is 2. The standard InChI is InChI=1S/C23H34F3N5O6S/c1-15-18(23(24,25)26)27-20(38(5,34)35)28-19(15)30-8-6-16(7-9-30)36-14-17(32)29-10-12-31(13-11-29)21(33)37-22(2,3)4/h16H,6-14H2,1-5H3. The first-order valence-electron chi connectivity index (χ1n) is 12.2. The van der Waals surface area contributed by atoms with Crippen molar-refractivity contribution in [3.05, 3.63) is 11.3 Å². The average molecular weight is 566 g/mol. The van der Waals surface area contributed by atoms with Gasteiger partial charge in [0.15, 0.2) is 5.69 Å². The minimum atomic E-state index is -4.83. The molecule has 0 atom stereocenters. The molecule has 2 saturated heterocycles. The molecule has 0 aliphatic carbocycles. The van der Waals surface area contributed by atoms with E-state index in [2.05, 4.69) is 9.97 Å². The van der Waals surface area contributed by atoms with Crippen LogP contribution in [-0.2, 0) is 30.3 Å². The molecule has 3 heterocycles. The van der Waals surface area contributed by atoms with Crippen molar-refractivity contribution in [1.29, 1.82) is 0 Å². The number of anilines is 1. The molecular formula is C23H34F3N5O6S. The molecule has 1 aromatic heterocycles. The summed E-state index contributed by atoms with van der Waals surface area (Å²) >= 11 is 0. The summed E-state index contributed by atoms with van der Waals surface area (Å²) in [6, 6.07) is 0. The van der Waals surface area contributed by atoms with Crippen LogP contribution in [0.15, 0.2) is 5.16 Å². The van der Waals surface area contributed by atoms with E-state index in [9.17, 15) is 31.2 Å². The van der Waals surface area contributed by atoms with Crippen molar-refractivity contribution in [2.45, 2.75) is 63.6 Å². The highest BCUT2D eigenvalue weighted by Crippen LogP contribution is 2.35. The van der Waals surface area contributed by atoms with Crippen molar-refractivity contribution in [3.63, 3.8) is 0 Å². The van der Waals surface area contributed by atoms with Crippen molar-refractivity contribution >= 4 is 27.7 Å². The van der Waals surface area contributed by atoms with Crippen LogP contribution in [0.2, 0.25) is 0 Å². The Morgan fingerprint density at radius 3 is 2.03 bits per heavy atom. The second-order valence-electron chi connectivity index (χ2n) is 10.4. The number of ether oxygens (including phenoxy) is 2. The minimum absolute atomic E-state index is 0.0786. The molecule has 0 unspecified atom stereocenters. The van der Waals surface area contributed by atoms with E-state index in [0.717, 1.165) is 6.26 Å². The van der Waals surface area contributed by atoms with Crippen LogP contribution in [0.4, 0.5) is 23.8 Å². The lowest BCUT2D eigenvalue weighted by atomic mass is 10.1. The van der Waals surface area contributed by atoms with Crippen molar-refractivity contribution in [1.82, 2.24) is 19.8 Å². The highest BCUT2D eigenvalue weighted by Gasteiger charge is 2.38. The summed E-state index contributed by atoms with van der Waals surface area (Å²) in [4.78, 5) is 36.7. The Hall–Kier alpha value is -2.68. The van der Waals surface area contributed by atoms with Crippen molar-refractivity contribution in [3.8, 4) is 0 Å². The molecule has 2 aliphatic heterocycles. The molecule has 0 bridgehead atoms.